The molecule has 0 aliphatic rings. The van der Waals surface area contributed by atoms with E-state index in [4.69, 9.17) is 0 Å². The molecule has 0 saturated carbocycles. The Labute approximate surface area is 79.2 Å². The molecule has 0 aliphatic carbocycles. The molecule has 0 spiro atoms. The molecule has 0 bridgehead atoms. The van der Waals surface area contributed by atoms with Crippen molar-refractivity contribution in [3.63, 3.8) is 0 Å². The normalized spacial score (nSPS) is 9.64. The van der Waals surface area contributed by atoms with Crippen LogP contribution in [0.5, 0.6) is 0 Å². The summed E-state index contributed by atoms with van der Waals surface area (Å²) in [6, 6.07) is 3.55. The van der Waals surface area contributed by atoms with E-state index >= 15 is 0 Å². The molecule has 1 aromatic heterocycles. The summed E-state index contributed by atoms with van der Waals surface area (Å²) in [5.74, 6) is 0.163. The number of carbonyl (C=O) groups is 1. The SMILES string of the molecule is Cc1cc(C(=O)CI)ccn1. The van der Waals surface area contributed by atoms with Gasteiger partial charge in [0.15, 0.2) is 5.78 Å². The molecule has 0 unspecified atom stereocenters. The largest absolute Gasteiger partial charge is 0.293 e. The molecular formula is C8H8INO. The maximum absolute atomic E-state index is 11.1. The smallest absolute Gasteiger partial charge is 0.172 e. The zero-order valence-corrected chi connectivity index (χ0v) is 8.33. The Morgan fingerprint density at radius 1 is 1.73 bits per heavy atom. The molecule has 0 atom stereocenters. The summed E-state index contributed by atoms with van der Waals surface area (Å²) >= 11 is 2.06. The van der Waals surface area contributed by atoms with E-state index in [1.807, 2.05) is 6.92 Å². The van der Waals surface area contributed by atoms with Crippen molar-refractivity contribution in [2.45, 2.75) is 6.92 Å². The van der Waals surface area contributed by atoms with Crippen LogP contribution >= 0.6 is 22.6 Å². The number of nitrogens with zero attached hydrogens (tertiary/aromatic N) is 1. The van der Waals surface area contributed by atoms with E-state index < -0.39 is 0 Å². The van der Waals surface area contributed by atoms with Crippen LogP contribution in [0.2, 0.25) is 0 Å². The number of Topliss-reactive ketones (excluding diaryl/α,β-unsaturated/α-hetero) is 1. The number of rotatable bonds is 2. The maximum Gasteiger partial charge on any atom is 0.172 e. The number of aromatic nitrogens is 1. The van der Waals surface area contributed by atoms with Crippen LogP contribution in [0.4, 0.5) is 0 Å². The highest BCUT2D eigenvalue weighted by Gasteiger charge is 2.02. The highest BCUT2D eigenvalue weighted by atomic mass is 127. The summed E-state index contributed by atoms with van der Waals surface area (Å²) in [4.78, 5) is 15.1. The first-order valence-electron chi connectivity index (χ1n) is 3.26. The van der Waals surface area contributed by atoms with Crippen molar-refractivity contribution in [2.75, 3.05) is 4.43 Å². The highest BCUT2D eigenvalue weighted by molar-refractivity contribution is 14.1. The molecular weight excluding hydrogens is 253 g/mol. The van der Waals surface area contributed by atoms with Gasteiger partial charge in [0.2, 0.25) is 0 Å². The van der Waals surface area contributed by atoms with Crippen LogP contribution in [0.25, 0.3) is 0 Å². The zero-order valence-electron chi connectivity index (χ0n) is 6.17. The van der Waals surface area contributed by atoms with E-state index in [9.17, 15) is 4.79 Å². The van der Waals surface area contributed by atoms with E-state index in [0.29, 0.717) is 4.43 Å². The Morgan fingerprint density at radius 2 is 2.45 bits per heavy atom. The molecule has 0 fully saturated rings. The third-order valence-corrected chi connectivity index (χ3v) is 2.03. The molecule has 58 valence electrons. The summed E-state index contributed by atoms with van der Waals surface area (Å²) in [6.45, 7) is 1.88. The van der Waals surface area contributed by atoms with Crippen LogP contribution in [0.1, 0.15) is 16.1 Å². The Bertz CT molecular complexity index is 273. The minimum Gasteiger partial charge on any atom is -0.293 e. The first kappa shape index (κ1) is 8.64. The van der Waals surface area contributed by atoms with Crippen molar-refractivity contribution in [3.05, 3.63) is 29.6 Å². The van der Waals surface area contributed by atoms with Gasteiger partial charge < -0.3 is 0 Å². The molecule has 0 amide bonds. The van der Waals surface area contributed by atoms with Gasteiger partial charge in [-0.3, -0.25) is 9.78 Å². The Balaban J connectivity index is 2.96. The molecule has 2 nitrogen and oxygen atoms in total. The van der Waals surface area contributed by atoms with Crippen LogP contribution in [-0.2, 0) is 0 Å². The monoisotopic (exact) mass is 261 g/mol. The molecule has 0 aromatic carbocycles. The van der Waals surface area contributed by atoms with Gasteiger partial charge in [0, 0.05) is 17.5 Å². The van der Waals surface area contributed by atoms with Crippen LogP contribution in [0.15, 0.2) is 18.3 Å². The summed E-state index contributed by atoms with van der Waals surface area (Å²) in [5, 5.41) is 0. The van der Waals surface area contributed by atoms with Crippen molar-refractivity contribution in [3.8, 4) is 0 Å². The van der Waals surface area contributed by atoms with Crippen LogP contribution in [0, 0.1) is 6.92 Å². The second kappa shape index (κ2) is 3.80. The lowest BCUT2D eigenvalue weighted by Crippen LogP contribution is -2.00. The van der Waals surface area contributed by atoms with Gasteiger partial charge >= 0.3 is 0 Å². The van der Waals surface area contributed by atoms with Gasteiger partial charge in [0.05, 0.1) is 4.43 Å². The topological polar surface area (TPSA) is 30.0 Å². The van der Waals surface area contributed by atoms with Gasteiger partial charge in [0.1, 0.15) is 0 Å². The van der Waals surface area contributed by atoms with E-state index in [1.165, 1.54) is 0 Å². The second-order valence-corrected chi connectivity index (χ2v) is 3.01. The number of pyridine rings is 1. The lowest BCUT2D eigenvalue weighted by atomic mass is 10.2. The molecule has 3 heteroatoms. The molecule has 0 saturated heterocycles. The van der Waals surface area contributed by atoms with Crippen LogP contribution in [0.3, 0.4) is 0 Å². The summed E-state index contributed by atoms with van der Waals surface area (Å²) in [7, 11) is 0. The van der Waals surface area contributed by atoms with E-state index in [-0.39, 0.29) is 5.78 Å². The molecule has 0 aliphatic heterocycles. The van der Waals surface area contributed by atoms with Gasteiger partial charge in [-0.2, -0.15) is 0 Å². The fraction of sp³-hybridized carbons (Fsp3) is 0.250. The van der Waals surface area contributed by atoms with Crippen molar-refractivity contribution in [1.29, 1.82) is 0 Å². The molecule has 0 radical (unpaired) electrons. The first-order valence-corrected chi connectivity index (χ1v) is 4.78. The predicted molar refractivity (Wildman–Crippen MR) is 52.2 cm³/mol. The van der Waals surface area contributed by atoms with Crippen LogP contribution < -0.4 is 0 Å². The second-order valence-electron chi connectivity index (χ2n) is 2.24. The third-order valence-electron chi connectivity index (χ3n) is 1.34. The van der Waals surface area contributed by atoms with Gasteiger partial charge in [0.25, 0.3) is 0 Å². The predicted octanol–water partition coefficient (Wildman–Crippen LogP) is 2.01. The van der Waals surface area contributed by atoms with Crippen molar-refractivity contribution in [2.24, 2.45) is 0 Å². The van der Waals surface area contributed by atoms with Crippen molar-refractivity contribution >= 4 is 28.4 Å². The van der Waals surface area contributed by atoms with Crippen molar-refractivity contribution in [1.82, 2.24) is 4.98 Å². The average molecular weight is 261 g/mol. The van der Waals surface area contributed by atoms with Gasteiger partial charge in [-0.05, 0) is 19.1 Å². The van der Waals surface area contributed by atoms with Crippen molar-refractivity contribution < 1.29 is 4.79 Å². The molecule has 1 heterocycles. The van der Waals surface area contributed by atoms with Gasteiger partial charge in [-0.15, -0.1) is 0 Å². The Kier molecular flexibility index (Phi) is 2.99. The number of hydrogen-bond donors (Lipinski definition) is 0. The average Bonchev–Trinajstić information content (AvgIpc) is 2.03. The zero-order chi connectivity index (χ0) is 8.27. The van der Waals surface area contributed by atoms with Gasteiger partial charge in [-0.1, -0.05) is 22.6 Å². The summed E-state index contributed by atoms with van der Waals surface area (Å²) in [6.07, 6.45) is 1.66. The minimum absolute atomic E-state index is 0.163. The minimum atomic E-state index is 0.163. The number of aryl methyl sites for hydroxylation is 1. The highest BCUT2D eigenvalue weighted by Crippen LogP contribution is 2.03. The molecule has 11 heavy (non-hydrogen) atoms. The number of carbonyl (C=O) groups excluding carboxylic acids is 1. The lowest BCUT2D eigenvalue weighted by molar-refractivity contribution is 0.102. The van der Waals surface area contributed by atoms with E-state index in [2.05, 4.69) is 27.6 Å². The fourth-order valence-electron chi connectivity index (χ4n) is 0.796. The first-order chi connectivity index (χ1) is 5.24. The number of alkyl halides is 1. The Hall–Kier alpha value is -0.450. The van der Waals surface area contributed by atoms with Crippen LogP contribution in [-0.4, -0.2) is 15.2 Å². The fourth-order valence-corrected chi connectivity index (χ4v) is 1.24. The summed E-state index contributed by atoms with van der Waals surface area (Å²) in [5.41, 5.74) is 1.65. The maximum atomic E-state index is 11.1. The molecule has 0 N–H and O–H groups in total. The van der Waals surface area contributed by atoms with Gasteiger partial charge in [-0.25, -0.2) is 0 Å². The summed E-state index contributed by atoms with van der Waals surface area (Å²) < 4.78 is 0.529. The van der Waals surface area contributed by atoms with E-state index in [0.717, 1.165) is 11.3 Å². The number of halogens is 1. The standard InChI is InChI=1S/C8H8INO/c1-6-4-7(2-3-10-6)8(11)5-9/h2-4H,5H2,1H3. The Morgan fingerprint density at radius 3 is 3.00 bits per heavy atom. The quantitative estimate of drug-likeness (QED) is 0.463. The third kappa shape index (κ3) is 2.25. The molecule has 1 aromatic rings. The lowest BCUT2D eigenvalue weighted by Gasteiger charge is -1.96. The number of ketones is 1. The number of hydrogen-bond acceptors (Lipinski definition) is 2. The van der Waals surface area contributed by atoms with E-state index in [1.54, 1.807) is 18.3 Å². The molecule has 1 rings (SSSR count).